The highest BCUT2D eigenvalue weighted by atomic mass is 16.2. The highest BCUT2D eigenvalue weighted by molar-refractivity contribution is 5.80. The van der Waals surface area contributed by atoms with Gasteiger partial charge in [0.2, 0.25) is 11.8 Å². The summed E-state index contributed by atoms with van der Waals surface area (Å²) in [5.41, 5.74) is 1.90. The van der Waals surface area contributed by atoms with Gasteiger partial charge in [-0.1, -0.05) is 35.5 Å². The van der Waals surface area contributed by atoms with Crippen LogP contribution in [0.3, 0.4) is 0 Å². The van der Waals surface area contributed by atoms with Crippen molar-refractivity contribution >= 4 is 11.8 Å². The van der Waals surface area contributed by atoms with Crippen LogP contribution in [0.15, 0.2) is 36.5 Å². The monoisotopic (exact) mass is 353 g/mol. The summed E-state index contributed by atoms with van der Waals surface area (Å²) in [4.78, 5) is 27.8. The Labute approximate surface area is 152 Å². The van der Waals surface area contributed by atoms with Crippen LogP contribution in [0.5, 0.6) is 0 Å². The molecule has 3 heterocycles. The summed E-state index contributed by atoms with van der Waals surface area (Å²) in [6.07, 6.45) is 3.48. The van der Waals surface area contributed by atoms with E-state index in [1.807, 2.05) is 51.0 Å². The number of benzene rings is 1. The van der Waals surface area contributed by atoms with Crippen molar-refractivity contribution in [1.82, 2.24) is 24.8 Å². The molecule has 0 spiro atoms. The molecular formula is C19H23N5O2. The van der Waals surface area contributed by atoms with Crippen LogP contribution in [0.1, 0.15) is 25.8 Å². The normalized spacial score (nSPS) is 18.7. The summed E-state index contributed by atoms with van der Waals surface area (Å²) in [6, 6.07) is 10.2. The molecule has 1 aromatic heterocycles. The molecule has 0 N–H and O–H groups in total. The Morgan fingerprint density at radius 3 is 2.38 bits per heavy atom. The van der Waals surface area contributed by atoms with E-state index in [9.17, 15) is 9.59 Å². The van der Waals surface area contributed by atoms with Gasteiger partial charge in [-0.2, -0.15) is 0 Å². The number of hydrogen-bond donors (Lipinski definition) is 0. The van der Waals surface area contributed by atoms with E-state index in [2.05, 4.69) is 10.3 Å². The fourth-order valence-electron chi connectivity index (χ4n) is 3.70. The van der Waals surface area contributed by atoms with Crippen molar-refractivity contribution in [3.63, 3.8) is 0 Å². The third-order valence-electron chi connectivity index (χ3n) is 5.42. The highest BCUT2D eigenvalue weighted by Gasteiger charge is 2.37. The molecule has 0 bridgehead atoms. The largest absolute Gasteiger partial charge is 0.343 e. The van der Waals surface area contributed by atoms with Crippen molar-refractivity contribution in [3.8, 4) is 11.3 Å². The molecule has 136 valence electrons. The molecule has 0 atom stereocenters. The van der Waals surface area contributed by atoms with E-state index < -0.39 is 0 Å². The van der Waals surface area contributed by atoms with E-state index in [4.69, 9.17) is 0 Å². The van der Waals surface area contributed by atoms with Gasteiger partial charge >= 0.3 is 0 Å². The van der Waals surface area contributed by atoms with E-state index in [0.717, 1.165) is 24.1 Å². The number of hydrogen-bond acceptors (Lipinski definition) is 4. The van der Waals surface area contributed by atoms with Crippen molar-refractivity contribution in [1.29, 1.82) is 0 Å². The smallest absolute Gasteiger partial charge is 0.225 e. The van der Waals surface area contributed by atoms with Gasteiger partial charge in [0.05, 0.1) is 12.2 Å². The lowest BCUT2D eigenvalue weighted by Gasteiger charge is -2.42. The Hall–Kier alpha value is -2.70. The van der Waals surface area contributed by atoms with Crippen LogP contribution in [-0.4, -0.2) is 62.8 Å². The molecule has 2 aliphatic heterocycles. The molecular weight excluding hydrogens is 330 g/mol. The van der Waals surface area contributed by atoms with E-state index in [1.165, 1.54) is 0 Å². The first-order valence-corrected chi connectivity index (χ1v) is 9.13. The number of piperidine rings is 1. The lowest BCUT2D eigenvalue weighted by molar-refractivity contribution is -0.145. The van der Waals surface area contributed by atoms with E-state index >= 15 is 0 Å². The van der Waals surface area contributed by atoms with E-state index in [1.54, 1.807) is 6.92 Å². The molecule has 2 amide bonds. The van der Waals surface area contributed by atoms with Crippen LogP contribution in [0, 0.1) is 5.92 Å². The molecule has 2 aliphatic rings. The quantitative estimate of drug-likeness (QED) is 0.840. The van der Waals surface area contributed by atoms with Crippen LogP contribution in [-0.2, 0) is 9.59 Å². The van der Waals surface area contributed by atoms with Gasteiger partial charge in [-0.15, -0.1) is 5.10 Å². The number of nitrogens with zero attached hydrogens (tertiary/aromatic N) is 5. The molecule has 2 fully saturated rings. The van der Waals surface area contributed by atoms with Crippen LogP contribution in [0.25, 0.3) is 11.3 Å². The summed E-state index contributed by atoms with van der Waals surface area (Å²) >= 11 is 0. The molecule has 0 unspecified atom stereocenters. The van der Waals surface area contributed by atoms with Crippen molar-refractivity contribution < 1.29 is 9.59 Å². The number of likely N-dealkylation sites (tertiary alicyclic amines) is 2. The summed E-state index contributed by atoms with van der Waals surface area (Å²) in [6.45, 7) is 4.33. The second kappa shape index (κ2) is 6.90. The first kappa shape index (κ1) is 16.8. The minimum absolute atomic E-state index is 0.0437. The fraction of sp³-hybridized carbons (Fsp3) is 0.474. The average molecular weight is 353 g/mol. The van der Waals surface area contributed by atoms with Crippen molar-refractivity contribution in [2.24, 2.45) is 5.92 Å². The minimum Gasteiger partial charge on any atom is -0.343 e. The lowest BCUT2D eigenvalue weighted by atomic mass is 9.93. The maximum Gasteiger partial charge on any atom is 0.225 e. The number of amides is 2. The first-order valence-electron chi connectivity index (χ1n) is 9.13. The van der Waals surface area contributed by atoms with Crippen LogP contribution in [0.2, 0.25) is 0 Å². The Balaban J connectivity index is 1.31. The van der Waals surface area contributed by atoms with Crippen LogP contribution >= 0.6 is 0 Å². The Morgan fingerprint density at radius 2 is 1.73 bits per heavy atom. The molecule has 7 heteroatoms. The zero-order valence-corrected chi connectivity index (χ0v) is 14.9. The Morgan fingerprint density at radius 1 is 1.04 bits per heavy atom. The first-order chi connectivity index (χ1) is 12.6. The maximum atomic E-state index is 12.6. The summed E-state index contributed by atoms with van der Waals surface area (Å²) in [5, 5.41) is 8.48. The molecule has 4 rings (SSSR count). The SMILES string of the molecule is CC(=O)N1CCC(C(=O)N2CC(n3cc(-c4ccccc4)nn3)C2)CC1. The third-order valence-corrected chi connectivity index (χ3v) is 5.42. The number of carbonyl (C=O) groups is 2. The molecule has 2 aromatic rings. The van der Waals surface area contributed by atoms with Crippen molar-refractivity contribution in [2.75, 3.05) is 26.2 Å². The van der Waals surface area contributed by atoms with Gasteiger partial charge < -0.3 is 9.80 Å². The molecule has 26 heavy (non-hydrogen) atoms. The van der Waals surface area contributed by atoms with Gasteiger partial charge in [-0.05, 0) is 12.8 Å². The Kier molecular flexibility index (Phi) is 4.44. The van der Waals surface area contributed by atoms with Gasteiger partial charge in [0.1, 0.15) is 5.69 Å². The highest BCUT2D eigenvalue weighted by Crippen LogP contribution is 2.27. The summed E-state index contributed by atoms with van der Waals surface area (Å²) in [5.74, 6) is 0.357. The molecule has 0 aliphatic carbocycles. The molecule has 7 nitrogen and oxygen atoms in total. The van der Waals surface area contributed by atoms with Gasteiger partial charge in [-0.3, -0.25) is 9.59 Å². The second-order valence-corrected chi connectivity index (χ2v) is 7.13. The maximum absolute atomic E-state index is 12.6. The zero-order valence-electron chi connectivity index (χ0n) is 14.9. The van der Waals surface area contributed by atoms with Gasteiger partial charge in [0, 0.05) is 44.6 Å². The van der Waals surface area contributed by atoms with E-state index in [-0.39, 0.29) is 23.8 Å². The fourth-order valence-corrected chi connectivity index (χ4v) is 3.70. The third kappa shape index (κ3) is 3.21. The molecule has 2 saturated heterocycles. The number of carbonyl (C=O) groups excluding carboxylic acids is 2. The van der Waals surface area contributed by atoms with Crippen molar-refractivity contribution in [2.45, 2.75) is 25.8 Å². The predicted octanol–water partition coefficient (Wildman–Crippen LogP) is 1.59. The van der Waals surface area contributed by atoms with Crippen LogP contribution < -0.4 is 0 Å². The topological polar surface area (TPSA) is 71.3 Å². The van der Waals surface area contributed by atoms with Gasteiger partial charge in [0.25, 0.3) is 0 Å². The zero-order chi connectivity index (χ0) is 18.1. The van der Waals surface area contributed by atoms with Gasteiger partial charge in [-0.25, -0.2) is 4.68 Å². The standard InChI is InChI=1S/C19H23N5O2/c1-14(25)22-9-7-16(8-10-22)19(26)23-11-17(12-23)24-13-18(20-21-24)15-5-3-2-4-6-15/h2-6,13,16-17H,7-12H2,1H3. The average Bonchev–Trinajstić information content (AvgIpc) is 3.11. The van der Waals surface area contributed by atoms with E-state index in [0.29, 0.717) is 26.2 Å². The molecule has 0 radical (unpaired) electrons. The lowest BCUT2D eigenvalue weighted by Crippen LogP contribution is -2.54. The second-order valence-electron chi connectivity index (χ2n) is 7.13. The molecule has 0 saturated carbocycles. The summed E-state index contributed by atoms with van der Waals surface area (Å²) < 4.78 is 1.87. The summed E-state index contributed by atoms with van der Waals surface area (Å²) in [7, 11) is 0. The predicted molar refractivity (Wildman–Crippen MR) is 96.1 cm³/mol. The number of aromatic nitrogens is 3. The van der Waals surface area contributed by atoms with Crippen molar-refractivity contribution in [3.05, 3.63) is 36.5 Å². The van der Waals surface area contributed by atoms with Gasteiger partial charge in [0.15, 0.2) is 0 Å². The number of rotatable bonds is 3. The molecule has 1 aromatic carbocycles. The minimum atomic E-state index is 0.0437. The Bertz CT molecular complexity index is 789. The van der Waals surface area contributed by atoms with Crippen LogP contribution in [0.4, 0.5) is 0 Å².